The van der Waals surface area contributed by atoms with Crippen molar-refractivity contribution in [2.45, 2.75) is 6.92 Å². The third-order valence-corrected chi connectivity index (χ3v) is 2.21. The number of aryl methyl sites for hydroxylation is 1. The quantitative estimate of drug-likeness (QED) is 0.645. The van der Waals surface area contributed by atoms with Crippen LogP contribution < -0.4 is 0 Å². The van der Waals surface area contributed by atoms with Gasteiger partial charge in [-0.3, -0.25) is 0 Å². The summed E-state index contributed by atoms with van der Waals surface area (Å²) in [6.07, 6.45) is 1.67. The Bertz CT molecular complexity index is 433. The molecule has 1 aromatic heterocycles. The molecule has 0 atom stereocenters. The summed E-state index contributed by atoms with van der Waals surface area (Å²) < 4.78 is 12.9. The maximum absolute atomic E-state index is 12.9. The predicted molar refractivity (Wildman–Crippen MR) is 48.0 cm³/mol. The number of halogens is 2. The van der Waals surface area contributed by atoms with Crippen molar-refractivity contribution in [3.63, 3.8) is 0 Å². The number of H-pyrrole nitrogens is 1. The van der Waals surface area contributed by atoms with Gasteiger partial charge >= 0.3 is 0 Å². The van der Waals surface area contributed by atoms with Crippen LogP contribution >= 0.6 is 11.6 Å². The summed E-state index contributed by atoms with van der Waals surface area (Å²) in [6.45, 7) is 1.85. The van der Waals surface area contributed by atoms with E-state index in [1.165, 1.54) is 12.1 Å². The van der Waals surface area contributed by atoms with E-state index in [2.05, 4.69) is 4.98 Å². The Balaban J connectivity index is 2.92. The van der Waals surface area contributed by atoms with Crippen molar-refractivity contribution in [1.29, 1.82) is 0 Å². The summed E-state index contributed by atoms with van der Waals surface area (Å²) in [6, 6.07) is 2.91. The first-order valence-corrected chi connectivity index (χ1v) is 3.99. The first kappa shape index (κ1) is 7.62. The Kier molecular flexibility index (Phi) is 1.58. The maximum Gasteiger partial charge on any atom is 0.124 e. The molecule has 2 rings (SSSR count). The molecule has 1 aromatic carbocycles. The third kappa shape index (κ3) is 0.994. The molecule has 0 saturated heterocycles. The van der Waals surface area contributed by atoms with Gasteiger partial charge in [0.05, 0.1) is 10.5 Å². The molecule has 0 aliphatic carbocycles. The van der Waals surface area contributed by atoms with Gasteiger partial charge in [0.2, 0.25) is 0 Å². The van der Waals surface area contributed by atoms with Crippen LogP contribution in [0, 0.1) is 12.7 Å². The average Bonchev–Trinajstić information content (AvgIpc) is 2.33. The minimum atomic E-state index is -0.249. The highest BCUT2D eigenvalue weighted by molar-refractivity contribution is 6.35. The van der Waals surface area contributed by atoms with Crippen LogP contribution in [0.5, 0.6) is 0 Å². The molecule has 1 N–H and O–H groups in total. The summed E-state index contributed by atoms with van der Waals surface area (Å²) in [5.74, 6) is -0.249. The van der Waals surface area contributed by atoms with Gasteiger partial charge in [-0.15, -0.1) is 0 Å². The van der Waals surface area contributed by atoms with E-state index in [0.717, 1.165) is 16.5 Å². The van der Waals surface area contributed by atoms with E-state index in [9.17, 15) is 4.39 Å². The van der Waals surface area contributed by atoms with Crippen molar-refractivity contribution >= 4 is 22.5 Å². The van der Waals surface area contributed by atoms with E-state index < -0.39 is 0 Å². The van der Waals surface area contributed by atoms with Gasteiger partial charge in [0.1, 0.15) is 5.82 Å². The fourth-order valence-corrected chi connectivity index (χ4v) is 1.54. The van der Waals surface area contributed by atoms with Gasteiger partial charge in [0.15, 0.2) is 0 Å². The molecule has 1 heterocycles. The number of hydrogen-bond acceptors (Lipinski definition) is 0. The molecule has 0 spiro atoms. The Morgan fingerprint density at radius 3 is 2.92 bits per heavy atom. The smallest absolute Gasteiger partial charge is 0.124 e. The van der Waals surface area contributed by atoms with Crippen molar-refractivity contribution in [1.82, 2.24) is 4.98 Å². The van der Waals surface area contributed by atoms with E-state index in [4.69, 9.17) is 11.6 Å². The minimum Gasteiger partial charge on any atom is -0.360 e. The van der Waals surface area contributed by atoms with Gasteiger partial charge in [0.25, 0.3) is 0 Å². The largest absolute Gasteiger partial charge is 0.360 e. The van der Waals surface area contributed by atoms with Crippen molar-refractivity contribution in [3.05, 3.63) is 34.7 Å². The number of fused-ring (bicyclic) bond motifs is 1. The number of nitrogens with one attached hydrogen (secondary N) is 1. The molecule has 0 saturated carbocycles. The molecule has 62 valence electrons. The maximum atomic E-state index is 12.9. The first-order valence-electron chi connectivity index (χ1n) is 3.61. The lowest BCUT2D eigenvalue weighted by Crippen LogP contribution is -1.79. The topological polar surface area (TPSA) is 15.8 Å². The molecule has 1 nitrogen and oxygen atoms in total. The van der Waals surface area contributed by atoms with Gasteiger partial charge in [-0.1, -0.05) is 11.6 Å². The summed E-state index contributed by atoms with van der Waals surface area (Å²) in [5.41, 5.74) is 1.78. The number of aromatic nitrogens is 1. The highest BCUT2D eigenvalue weighted by atomic mass is 35.5. The Hall–Kier alpha value is -1.02. The van der Waals surface area contributed by atoms with Crippen LogP contribution in [0.25, 0.3) is 10.9 Å². The second-order valence-electron chi connectivity index (χ2n) is 2.78. The fourth-order valence-electron chi connectivity index (χ4n) is 1.34. The molecule has 0 radical (unpaired) electrons. The molecule has 0 unspecified atom stereocenters. The zero-order chi connectivity index (χ0) is 8.72. The number of benzene rings is 1. The van der Waals surface area contributed by atoms with E-state index in [1.807, 2.05) is 6.92 Å². The molecule has 12 heavy (non-hydrogen) atoms. The van der Waals surface area contributed by atoms with E-state index in [1.54, 1.807) is 6.20 Å². The van der Waals surface area contributed by atoms with Crippen LogP contribution in [-0.4, -0.2) is 4.98 Å². The predicted octanol–water partition coefficient (Wildman–Crippen LogP) is 3.27. The zero-order valence-electron chi connectivity index (χ0n) is 6.49. The van der Waals surface area contributed by atoms with Crippen molar-refractivity contribution < 1.29 is 4.39 Å². The molecule has 3 heteroatoms. The highest BCUT2D eigenvalue weighted by Crippen LogP contribution is 2.25. The average molecular weight is 184 g/mol. The molecule has 0 aliphatic heterocycles. The molecule has 0 bridgehead atoms. The van der Waals surface area contributed by atoms with Crippen molar-refractivity contribution in [2.24, 2.45) is 0 Å². The Morgan fingerprint density at radius 1 is 1.42 bits per heavy atom. The fraction of sp³-hybridized carbons (Fsp3) is 0.111. The second kappa shape index (κ2) is 2.49. The molecule has 0 aliphatic rings. The van der Waals surface area contributed by atoms with Crippen LogP contribution in [-0.2, 0) is 0 Å². The van der Waals surface area contributed by atoms with Crippen molar-refractivity contribution in [2.75, 3.05) is 0 Å². The Labute approximate surface area is 74.2 Å². The summed E-state index contributed by atoms with van der Waals surface area (Å²) in [4.78, 5) is 2.98. The van der Waals surface area contributed by atoms with E-state index >= 15 is 0 Å². The van der Waals surface area contributed by atoms with E-state index in [-0.39, 0.29) is 5.82 Å². The summed E-state index contributed by atoms with van der Waals surface area (Å²) in [7, 11) is 0. The van der Waals surface area contributed by atoms with Gasteiger partial charge in [-0.05, 0) is 24.6 Å². The lowest BCUT2D eigenvalue weighted by molar-refractivity contribution is 0.628. The normalized spacial score (nSPS) is 10.9. The van der Waals surface area contributed by atoms with Gasteiger partial charge < -0.3 is 4.98 Å². The summed E-state index contributed by atoms with van der Waals surface area (Å²) >= 11 is 5.82. The van der Waals surface area contributed by atoms with E-state index in [0.29, 0.717) is 5.02 Å². The lowest BCUT2D eigenvalue weighted by Gasteiger charge is -1.96. The Morgan fingerprint density at radius 2 is 2.17 bits per heavy atom. The zero-order valence-corrected chi connectivity index (χ0v) is 7.24. The SMILES string of the molecule is Cc1cc(F)cc2c(Cl)c[nH]c12. The van der Waals surface area contributed by atoms with Gasteiger partial charge in [0, 0.05) is 11.6 Å². The van der Waals surface area contributed by atoms with Gasteiger partial charge in [-0.2, -0.15) is 0 Å². The van der Waals surface area contributed by atoms with Crippen LogP contribution in [0.15, 0.2) is 18.3 Å². The van der Waals surface area contributed by atoms with Gasteiger partial charge in [-0.25, -0.2) is 4.39 Å². The van der Waals surface area contributed by atoms with Crippen LogP contribution in [0.3, 0.4) is 0 Å². The third-order valence-electron chi connectivity index (χ3n) is 1.90. The minimum absolute atomic E-state index is 0.249. The lowest BCUT2D eigenvalue weighted by atomic mass is 10.1. The molecule has 0 fully saturated rings. The van der Waals surface area contributed by atoms with Crippen LogP contribution in [0.1, 0.15) is 5.56 Å². The van der Waals surface area contributed by atoms with Crippen LogP contribution in [0.4, 0.5) is 4.39 Å². The monoisotopic (exact) mass is 183 g/mol. The first-order chi connectivity index (χ1) is 5.68. The van der Waals surface area contributed by atoms with Crippen LogP contribution in [0.2, 0.25) is 5.02 Å². The molecule has 0 amide bonds. The highest BCUT2D eigenvalue weighted by Gasteiger charge is 2.05. The standard InChI is InChI=1S/C9H7ClFN/c1-5-2-6(11)3-7-8(10)4-12-9(5)7/h2-4,12H,1H3. The number of aromatic amines is 1. The molecule has 2 aromatic rings. The molecular formula is C9H7ClFN. The summed E-state index contributed by atoms with van der Waals surface area (Å²) in [5, 5.41) is 1.31. The number of hydrogen-bond donors (Lipinski definition) is 1. The second-order valence-corrected chi connectivity index (χ2v) is 3.19. The molecular weight excluding hydrogens is 177 g/mol. The van der Waals surface area contributed by atoms with Crippen molar-refractivity contribution in [3.8, 4) is 0 Å². The number of rotatable bonds is 0.